The lowest BCUT2D eigenvalue weighted by Gasteiger charge is -2.43. The second kappa shape index (κ2) is 3.26. The van der Waals surface area contributed by atoms with Crippen molar-refractivity contribution in [2.75, 3.05) is 0 Å². The summed E-state index contributed by atoms with van der Waals surface area (Å²) in [4.78, 5) is 22.3. The van der Waals surface area contributed by atoms with Crippen LogP contribution in [0.2, 0.25) is 0 Å². The lowest BCUT2D eigenvalue weighted by molar-refractivity contribution is -0.175. The highest BCUT2D eigenvalue weighted by Crippen LogP contribution is 2.50. The second-order valence-electron chi connectivity index (χ2n) is 4.48. The number of carboxylic acids is 2. The van der Waals surface area contributed by atoms with Crippen LogP contribution in [-0.2, 0) is 9.59 Å². The lowest BCUT2D eigenvalue weighted by atomic mass is 9.57. The predicted molar refractivity (Wildman–Crippen MR) is 50.0 cm³/mol. The Balaban J connectivity index is 3.12. The third kappa shape index (κ3) is 1.29. The van der Waals surface area contributed by atoms with Gasteiger partial charge in [0.05, 0.1) is 10.8 Å². The van der Waals surface area contributed by atoms with Crippen molar-refractivity contribution in [3.63, 3.8) is 0 Å². The van der Waals surface area contributed by atoms with Gasteiger partial charge in [-0.2, -0.15) is 0 Å². The van der Waals surface area contributed by atoms with Crippen LogP contribution in [0.15, 0.2) is 0 Å². The molecule has 0 radical (unpaired) electrons. The van der Waals surface area contributed by atoms with Crippen LogP contribution in [0.25, 0.3) is 0 Å². The van der Waals surface area contributed by atoms with Gasteiger partial charge in [0.15, 0.2) is 0 Å². The second-order valence-corrected chi connectivity index (χ2v) is 4.48. The van der Waals surface area contributed by atoms with Crippen LogP contribution >= 0.6 is 0 Å². The molecule has 1 fully saturated rings. The molecule has 0 aromatic rings. The van der Waals surface area contributed by atoms with E-state index in [-0.39, 0.29) is 0 Å². The highest BCUT2D eigenvalue weighted by atomic mass is 16.4. The Morgan fingerprint density at radius 1 is 0.929 bits per heavy atom. The van der Waals surface area contributed by atoms with Crippen molar-refractivity contribution in [3.8, 4) is 0 Å². The molecular formula is C10H16O4. The molecule has 2 N–H and O–H groups in total. The molecule has 1 rings (SSSR count). The first-order valence-corrected chi connectivity index (χ1v) is 4.81. The first-order chi connectivity index (χ1) is 6.34. The summed E-state index contributed by atoms with van der Waals surface area (Å²) in [7, 11) is 0. The molecule has 1 aliphatic rings. The molecule has 0 unspecified atom stereocenters. The summed E-state index contributed by atoms with van der Waals surface area (Å²) in [6.45, 7) is 3.09. The average molecular weight is 200 g/mol. The quantitative estimate of drug-likeness (QED) is 0.712. The first kappa shape index (κ1) is 11.0. The predicted octanol–water partition coefficient (Wildman–Crippen LogP) is 1.74. The minimum Gasteiger partial charge on any atom is -0.481 e. The molecule has 14 heavy (non-hydrogen) atoms. The Labute approximate surface area is 82.9 Å². The fraction of sp³-hybridized carbons (Fsp3) is 0.800. The normalized spacial score (nSPS) is 37.9. The standard InChI is InChI=1S/C10H16O4/c1-9(7(11)12)5-3-4-6-10(9,2)8(13)14/h3-6H2,1-2H3,(H,11,12)(H,13,14)/t9-,10+. The lowest BCUT2D eigenvalue weighted by Crippen LogP contribution is -2.50. The number of aliphatic carboxylic acids is 2. The van der Waals surface area contributed by atoms with Crippen molar-refractivity contribution in [1.29, 1.82) is 0 Å². The molecule has 0 amide bonds. The van der Waals surface area contributed by atoms with Gasteiger partial charge in [-0.15, -0.1) is 0 Å². The van der Waals surface area contributed by atoms with Crippen LogP contribution in [0, 0.1) is 10.8 Å². The Morgan fingerprint density at radius 3 is 1.43 bits per heavy atom. The smallest absolute Gasteiger partial charge is 0.310 e. The van der Waals surface area contributed by atoms with Gasteiger partial charge in [0.1, 0.15) is 0 Å². The molecule has 1 saturated carbocycles. The van der Waals surface area contributed by atoms with Crippen LogP contribution in [0.5, 0.6) is 0 Å². The summed E-state index contributed by atoms with van der Waals surface area (Å²) < 4.78 is 0. The molecule has 0 heterocycles. The zero-order chi connectivity index (χ0) is 11.0. The van der Waals surface area contributed by atoms with Crippen LogP contribution < -0.4 is 0 Å². The number of hydrogen-bond donors (Lipinski definition) is 2. The Hall–Kier alpha value is -1.06. The van der Waals surface area contributed by atoms with E-state index in [0.717, 1.165) is 12.8 Å². The summed E-state index contributed by atoms with van der Waals surface area (Å²) in [6.07, 6.45) is 2.49. The van der Waals surface area contributed by atoms with Crippen LogP contribution in [0.1, 0.15) is 39.5 Å². The minimum atomic E-state index is -1.13. The molecule has 0 aromatic carbocycles. The van der Waals surface area contributed by atoms with Crippen LogP contribution in [0.4, 0.5) is 0 Å². The van der Waals surface area contributed by atoms with Crippen molar-refractivity contribution in [2.45, 2.75) is 39.5 Å². The molecule has 4 heteroatoms. The minimum absolute atomic E-state index is 0.450. The number of carboxylic acid groups (broad SMARTS) is 2. The highest BCUT2D eigenvalue weighted by Gasteiger charge is 2.56. The van der Waals surface area contributed by atoms with Crippen molar-refractivity contribution < 1.29 is 19.8 Å². The van der Waals surface area contributed by atoms with Crippen molar-refractivity contribution in [3.05, 3.63) is 0 Å². The molecule has 4 nitrogen and oxygen atoms in total. The number of hydrogen-bond acceptors (Lipinski definition) is 2. The maximum atomic E-state index is 11.1. The first-order valence-electron chi connectivity index (χ1n) is 4.81. The molecule has 0 spiro atoms. The molecular weight excluding hydrogens is 184 g/mol. The summed E-state index contributed by atoms with van der Waals surface area (Å²) in [6, 6.07) is 0. The van der Waals surface area contributed by atoms with Crippen molar-refractivity contribution in [1.82, 2.24) is 0 Å². The van der Waals surface area contributed by atoms with Gasteiger partial charge in [0.2, 0.25) is 0 Å². The Morgan fingerprint density at radius 2 is 1.21 bits per heavy atom. The summed E-state index contributed by atoms with van der Waals surface area (Å²) in [5.74, 6) is -2.00. The van der Waals surface area contributed by atoms with Gasteiger partial charge in [-0.05, 0) is 26.7 Å². The fourth-order valence-electron chi connectivity index (χ4n) is 2.19. The maximum absolute atomic E-state index is 11.1. The maximum Gasteiger partial charge on any atom is 0.310 e. The van der Waals surface area contributed by atoms with Gasteiger partial charge in [0.25, 0.3) is 0 Å². The fourth-order valence-corrected chi connectivity index (χ4v) is 2.19. The Kier molecular flexibility index (Phi) is 2.56. The van der Waals surface area contributed by atoms with Gasteiger partial charge in [0, 0.05) is 0 Å². The third-order valence-electron chi connectivity index (χ3n) is 3.77. The average Bonchev–Trinajstić information content (AvgIpc) is 2.09. The van der Waals surface area contributed by atoms with E-state index in [9.17, 15) is 9.59 Å². The molecule has 2 atom stereocenters. The summed E-state index contributed by atoms with van der Waals surface area (Å²) >= 11 is 0. The van der Waals surface area contributed by atoms with Gasteiger partial charge < -0.3 is 10.2 Å². The molecule has 1 aliphatic carbocycles. The summed E-state index contributed by atoms with van der Waals surface area (Å²) in [5.41, 5.74) is -2.26. The van der Waals surface area contributed by atoms with E-state index in [1.165, 1.54) is 0 Å². The largest absolute Gasteiger partial charge is 0.481 e. The van der Waals surface area contributed by atoms with E-state index >= 15 is 0 Å². The van der Waals surface area contributed by atoms with Gasteiger partial charge in [-0.25, -0.2) is 0 Å². The van der Waals surface area contributed by atoms with Crippen LogP contribution in [-0.4, -0.2) is 22.2 Å². The van der Waals surface area contributed by atoms with E-state index in [2.05, 4.69) is 0 Å². The molecule has 80 valence electrons. The van der Waals surface area contributed by atoms with Gasteiger partial charge in [-0.3, -0.25) is 9.59 Å². The van der Waals surface area contributed by atoms with Gasteiger partial charge >= 0.3 is 11.9 Å². The molecule has 0 saturated heterocycles. The van der Waals surface area contributed by atoms with Crippen molar-refractivity contribution in [2.24, 2.45) is 10.8 Å². The van der Waals surface area contributed by atoms with E-state index < -0.39 is 22.8 Å². The summed E-state index contributed by atoms with van der Waals surface area (Å²) in [5, 5.41) is 18.2. The molecule has 0 aliphatic heterocycles. The zero-order valence-corrected chi connectivity index (χ0v) is 8.54. The number of carbonyl (C=O) groups is 2. The van der Waals surface area contributed by atoms with Gasteiger partial charge in [-0.1, -0.05) is 12.8 Å². The number of rotatable bonds is 2. The molecule has 0 aromatic heterocycles. The SMILES string of the molecule is C[C@@]1(C(=O)O)CCCC[C@]1(C)C(=O)O. The van der Waals surface area contributed by atoms with Crippen LogP contribution in [0.3, 0.4) is 0 Å². The Bertz CT molecular complexity index is 245. The van der Waals surface area contributed by atoms with Crippen molar-refractivity contribution >= 4 is 11.9 Å². The van der Waals surface area contributed by atoms with E-state index in [1.54, 1.807) is 13.8 Å². The molecule has 0 bridgehead atoms. The topological polar surface area (TPSA) is 74.6 Å². The highest BCUT2D eigenvalue weighted by molar-refractivity contribution is 5.86. The van der Waals surface area contributed by atoms with E-state index in [0.29, 0.717) is 12.8 Å². The van der Waals surface area contributed by atoms with E-state index in [4.69, 9.17) is 10.2 Å². The monoisotopic (exact) mass is 200 g/mol. The van der Waals surface area contributed by atoms with E-state index in [1.807, 2.05) is 0 Å². The zero-order valence-electron chi connectivity index (χ0n) is 8.54. The third-order valence-corrected chi connectivity index (χ3v) is 3.77.